The molecule has 0 aliphatic heterocycles. The quantitative estimate of drug-likeness (QED) is 0.808. The molecule has 15 heavy (non-hydrogen) atoms. The number of ether oxygens (including phenoxy) is 1. The van der Waals surface area contributed by atoms with Gasteiger partial charge in [0.15, 0.2) is 0 Å². The largest absolute Gasteiger partial charge is 0.496 e. The summed E-state index contributed by atoms with van der Waals surface area (Å²) in [5.41, 5.74) is 0.605. The van der Waals surface area contributed by atoms with Crippen LogP contribution in [0.1, 0.15) is 31.9 Å². The third-order valence-electron chi connectivity index (χ3n) is 2.37. The monoisotopic (exact) mass is 211 g/mol. The molecule has 0 bridgehead atoms. The molecule has 1 rings (SSSR count). The third-order valence-corrected chi connectivity index (χ3v) is 2.37. The average molecular weight is 211 g/mol. The molecule has 0 saturated carbocycles. The van der Waals surface area contributed by atoms with Crippen molar-refractivity contribution in [1.82, 2.24) is 5.32 Å². The van der Waals surface area contributed by atoms with Crippen LogP contribution in [-0.2, 0) is 0 Å². The van der Waals surface area contributed by atoms with Crippen LogP contribution in [0.2, 0.25) is 0 Å². The van der Waals surface area contributed by atoms with Crippen molar-refractivity contribution in [3.05, 3.63) is 29.6 Å². The van der Waals surface area contributed by atoms with E-state index in [2.05, 4.69) is 12.2 Å². The molecule has 0 aliphatic rings. The van der Waals surface area contributed by atoms with E-state index < -0.39 is 0 Å². The zero-order chi connectivity index (χ0) is 11.3. The fraction of sp³-hybridized carbons (Fsp3) is 0.500. The maximum Gasteiger partial charge on any atom is 0.131 e. The van der Waals surface area contributed by atoms with Gasteiger partial charge in [0.05, 0.1) is 7.11 Å². The highest BCUT2D eigenvalue weighted by Crippen LogP contribution is 2.27. The van der Waals surface area contributed by atoms with Gasteiger partial charge >= 0.3 is 0 Å². The van der Waals surface area contributed by atoms with Crippen LogP contribution in [0.25, 0.3) is 0 Å². The molecule has 1 N–H and O–H groups in total. The molecule has 1 atom stereocenters. The van der Waals surface area contributed by atoms with Gasteiger partial charge in [0.2, 0.25) is 0 Å². The number of methoxy groups -OCH3 is 1. The number of benzene rings is 1. The number of rotatable bonds is 5. The molecule has 2 nitrogen and oxygen atoms in total. The molecule has 3 heteroatoms. The zero-order valence-electron chi connectivity index (χ0n) is 9.51. The highest BCUT2D eigenvalue weighted by atomic mass is 19.1. The fourth-order valence-corrected chi connectivity index (χ4v) is 1.58. The Hall–Kier alpha value is -1.09. The maximum absolute atomic E-state index is 13.6. The molecule has 84 valence electrons. The number of halogens is 1. The first-order valence-corrected chi connectivity index (χ1v) is 5.26. The van der Waals surface area contributed by atoms with Gasteiger partial charge in [-0.1, -0.05) is 13.0 Å². The lowest BCUT2D eigenvalue weighted by Crippen LogP contribution is -2.20. The van der Waals surface area contributed by atoms with E-state index in [0.717, 1.165) is 13.0 Å². The van der Waals surface area contributed by atoms with Crippen molar-refractivity contribution in [1.29, 1.82) is 0 Å². The van der Waals surface area contributed by atoms with Crippen molar-refractivity contribution in [2.24, 2.45) is 0 Å². The van der Waals surface area contributed by atoms with Gasteiger partial charge < -0.3 is 10.1 Å². The molecule has 0 aliphatic carbocycles. The van der Waals surface area contributed by atoms with E-state index in [1.54, 1.807) is 19.2 Å². The standard InChI is InChI=1S/C12H18FNO/c1-4-8-14-9(2)12-10(13)6-5-7-11(12)15-3/h5-7,9,14H,4,8H2,1-3H3. The van der Waals surface area contributed by atoms with E-state index in [1.165, 1.54) is 6.07 Å². The van der Waals surface area contributed by atoms with Crippen molar-refractivity contribution in [3.63, 3.8) is 0 Å². The molecular weight excluding hydrogens is 193 g/mol. The molecule has 1 unspecified atom stereocenters. The fourth-order valence-electron chi connectivity index (χ4n) is 1.58. The van der Waals surface area contributed by atoms with Crippen molar-refractivity contribution >= 4 is 0 Å². The van der Waals surface area contributed by atoms with Gasteiger partial charge in [-0.05, 0) is 32.0 Å². The highest BCUT2D eigenvalue weighted by molar-refractivity contribution is 5.36. The summed E-state index contributed by atoms with van der Waals surface area (Å²) >= 11 is 0. The van der Waals surface area contributed by atoms with Gasteiger partial charge in [-0.3, -0.25) is 0 Å². The van der Waals surface area contributed by atoms with Crippen LogP contribution < -0.4 is 10.1 Å². The van der Waals surface area contributed by atoms with E-state index >= 15 is 0 Å². The number of nitrogens with one attached hydrogen (secondary N) is 1. The summed E-state index contributed by atoms with van der Waals surface area (Å²) in [5, 5.41) is 3.24. The van der Waals surface area contributed by atoms with Crippen LogP contribution in [-0.4, -0.2) is 13.7 Å². The zero-order valence-corrected chi connectivity index (χ0v) is 9.51. The molecule has 0 heterocycles. The molecular formula is C12H18FNO. The van der Waals surface area contributed by atoms with Crippen LogP contribution in [0.5, 0.6) is 5.75 Å². The number of hydrogen-bond donors (Lipinski definition) is 1. The van der Waals surface area contributed by atoms with Gasteiger partial charge in [-0.2, -0.15) is 0 Å². The third kappa shape index (κ3) is 2.93. The lowest BCUT2D eigenvalue weighted by molar-refractivity contribution is 0.394. The number of hydrogen-bond acceptors (Lipinski definition) is 2. The maximum atomic E-state index is 13.6. The molecule has 0 radical (unpaired) electrons. The Morgan fingerprint density at radius 1 is 1.47 bits per heavy atom. The van der Waals surface area contributed by atoms with Crippen molar-refractivity contribution in [2.75, 3.05) is 13.7 Å². The Labute approximate surface area is 90.4 Å². The summed E-state index contributed by atoms with van der Waals surface area (Å²) in [6, 6.07) is 4.87. The van der Waals surface area contributed by atoms with Crippen LogP contribution in [0.3, 0.4) is 0 Å². The molecule has 0 saturated heterocycles. The summed E-state index contributed by atoms with van der Waals surface area (Å²) in [7, 11) is 1.56. The lowest BCUT2D eigenvalue weighted by Gasteiger charge is -2.17. The normalized spacial score (nSPS) is 12.5. The first-order valence-electron chi connectivity index (χ1n) is 5.26. The Morgan fingerprint density at radius 2 is 2.20 bits per heavy atom. The van der Waals surface area contributed by atoms with Crippen LogP contribution in [0.4, 0.5) is 4.39 Å². The summed E-state index contributed by atoms with van der Waals surface area (Å²) in [6.45, 7) is 4.90. The van der Waals surface area contributed by atoms with Gasteiger partial charge in [-0.25, -0.2) is 4.39 Å². The predicted molar refractivity (Wildman–Crippen MR) is 59.7 cm³/mol. The van der Waals surface area contributed by atoms with Crippen molar-refractivity contribution < 1.29 is 9.13 Å². The second-order valence-corrected chi connectivity index (χ2v) is 3.53. The van der Waals surface area contributed by atoms with Gasteiger partial charge in [-0.15, -0.1) is 0 Å². The second kappa shape index (κ2) is 5.71. The van der Waals surface area contributed by atoms with Crippen molar-refractivity contribution in [2.45, 2.75) is 26.3 Å². The lowest BCUT2D eigenvalue weighted by atomic mass is 10.1. The highest BCUT2D eigenvalue weighted by Gasteiger charge is 2.15. The summed E-state index contributed by atoms with van der Waals surface area (Å²) in [4.78, 5) is 0. The van der Waals surface area contributed by atoms with Crippen LogP contribution >= 0.6 is 0 Å². The second-order valence-electron chi connectivity index (χ2n) is 3.53. The topological polar surface area (TPSA) is 21.3 Å². The van der Waals surface area contributed by atoms with Crippen LogP contribution in [0, 0.1) is 5.82 Å². The molecule has 0 fully saturated rings. The average Bonchev–Trinajstić information content (AvgIpc) is 2.25. The van der Waals surface area contributed by atoms with Gasteiger partial charge in [0.1, 0.15) is 11.6 Å². The molecule has 0 aromatic heterocycles. The van der Waals surface area contributed by atoms with Crippen LogP contribution in [0.15, 0.2) is 18.2 Å². The van der Waals surface area contributed by atoms with E-state index in [-0.39, 0.29) is 11.9 Å². The summed E-state index contributed by atoms with van der Waals surface area (Å²) in [6.07, 6.45) is 1.03. The summed E-state index contributed by atoms with van der Waals surface area (Å²) < 4.78 is 18.7. The molecule has 0 spiro atoms. The van der Waals surface area contributed by atoms with E-state index in [4.69, 9.17) is 4.74 Å². The SMILES string of the molecule is CCCNC(C)c1c(F)cccc1OC. The van der Waals surface area contributed by atoms with E-state index in [0.29, 0.717) is 11.3 Å². The van der Waals surface area contributed by atoms with Gasteiger partial charge in [0.25, 0.3) is 0 Å². The summed E-state index contributed by atoms with van der Waals surface area (Å²) in [5.74, 6) is 0.386. The molecule has 0 amide bonds. The van der Waals surface area contributed by atoms with E-state index in [9.17, 15) is 4.39 Å². The minimum Gasteiger partial charge on any atom is -0.496 e. The Morgan fingerprint density at radius 3 is 2.80 bits per heavy atom. The van der Waals surface area contributed by atoms with Gasteiger partial charge in [0, 0.05) is 11.6 Å². The Bertz CT molecular complexity index is 314. The van der Waals surface area contributed by atoms with E-state index in [1.807, 2.05) is 6.92 Å². The Balaban J connectivity index is 2.90. The Kier molecular flexibility index (Phi) is 4.56. The minimum atomic E-state index is -0.217. The minimum absolute atomic E-state index is 0.0268. The van der Waals surface area contributed by atoms with Crippen molar-refractivity contribution in [3.8, 4) is 5.75 Å². The predicted octanol–water partition coefficient (Wildman–Crippen LogP) is 2.89. The molecule has 1 aromatic rings. The first-order chi connectivity index (χ1) is 7.20. The molecule has 1 aromatic carbocycles. The smallest absolute Gasteiger partial charge is 0.131 e. The first kappa shape index (κ1) is 12.0.